The summed E-state index contributed by atoms with van der Waals surface area (Å²) in [6.07, 6.45) is 3.26. The molecular weight excluding hydrogens is 266 g/mol. The van der Waals surface area contributed by atoms with E-state index in [9.17, 15) is 0 Å². The number of rotatable bonds is 5. The van der Waals surface area contributed by atoms with Gasteiger partial charge in [0, 0.05) is 17.7 Å². The van der Waals surface area contributed by atoms with Gasteiger partial charge < -0.3 is 14.2 Å². The Balaban J connectivity index is 1.49. The minimum atomic E-state index is -0.0499. The van der Waals surface area contributed by atoms with Gasteiger partial charge >= 0.3 is 0 Å². The lowest BCUT2D eigenvalue weighted by Crippen LogP contribution is -2.24. The summed E-state index contributed by atoms with van der Waals surface area (Å²) in [4.78, 5) is 4.48. The van der Waals surface area contributed by atoms with Crippen LogP contribution >= 0.6 is 0 Å². The number of ether oxygens (including phenoxy) is 3. The van der Waals surface area contributed by atoms with Crippen LogP contribution in [0.3, 0.4) is 0 Å². The molecule has 0 spiro atoms. The fourth-order valence-electron chi connectivity index (χ4n) is 2.48. The number of hydrogen-bond acceptors (Lipinski definition) is 4. The Bertz CT molecular complexity index is 594. The van der Waals surface area contributed by atoms with Crippen molar-refractivity contribution in [3.05, 3.63) is 36.0 Å². The zero-order valence-electron chi connectivity index (χ0n) is 12.4. The maximum absolute atomic E-state index is 5.73. The van der Waals surface area contributed by atoms with Crippen molar-refractivity contribution in [3.63, 3.8) is 0 Å². The lowest BCUT2D eigenvalue weighted by Gasteiger charge is -2.22. The first-order chi connectivity index (χ1) is 10.3. The SMILES string of the molecule is Cc1ccc2cc(OCCOC3CCCCO3)ccc2n1. The molecule has 1 atom stereocenters. The minimum Gasteiger partial charge on any atom is -0.491 e. The standard InChI is InChI=1S/C17H21NO3/c1-13-5-6-14-12-15(7-8-16(14)18-13)19-10-11-21-17-4-2-3-9-20-17/h5-8,12,17H,2-4,9-11H2,1H3. The van der Waals surface area contributed by atoms with Crippen molar-refractivity contribution in [2.75, 3.05) is 19.8 Å². The molecule has 112 valence electrons. The van der Waals surface area contributed by atoms with E-state index in [0.29, 0.717) is 13.2 Å². The van der Waals surface area contributed by atoms with E-state index in [4.69, 9.17) is 14.2 Å². The molecule has 1 fully saturated rings. The summed E-state index contributed by atoms with van der Waals surface area (Å²) in [6, 6.07) is 10.0. The van der Waals surface area contributed by atoms with Gasteiger partial charge in [-0.25, -0.2) is 0 Å². The summed E-state index contributed by atoms with van der Waals surface area (Å²) < 4.78 is 16.9. The molecule has 4 nitrogen and oxygen atoms in total. The van der Waals surface area contributed by atoms with Crippen molar-refractivity contribution < 1.29 is 14.2 Å². The van der Waals surface area contributed by atoms with Gasteiger partial charge in [0.1, 0.15) is 12.4 Å². The van der Waals surface area contributed by atoms with Crippen LogP contribution in [0.4, 0.5) is 0 Å². The predicted molar refractivity (Wildman–Crippen MR) is 81.5 cm³/mol. The van der Waals surface area contributed by atoms with Crippen LogP contribution in [0.2, 0.25) is 0 Å². The second-order valence-corrected chi connectivity index (χ2v) is 5.32. The predicted octanol–water partition coefficient (Wildman–Crippen LogP) is 3.47. The molecule has 0 aliphatic carbocycles. The van der Waals surface area contributed by atoms with Crippen molar-refractivity contribution >= 4 is 10.9 Å². The maximum atomic E-state index is 5.73. The molecule has 0 amide bonds. The van der Waals surface area contributed by atoms with E-state index in [2.05, 4.69) is 11.1 Å². The Morgan fingerprint density at radius 2 is 2.14 bits per heavy atom. The first-order valence-electron chi connectivity index (χ1n) is 7.55. The van der Waals surface area contributed by atoms with Crippen molar-refractivity contribution in [2.45, 2.75) is 32.5 Å². The molecule has 4 heteroatoms. The average Bonchev–Trinajstić information content (AvgIpc) is 2.52. The number of benzene rings is 1. The van der Waals surface area contributed by atoms with Crippen molar-refractivity contribution in [2.24, 2.45) is 0 Å². The van der Waals surface area contributed by atoms with Gasteiger partial charge in [-0.15, -0.1) is 0 Å². The highest BCUT2D eigenvalue weighted by molar-refractivity contribution is 5.80. The van der Waals surface area contributed by atoms with E-state index < -0.39 is 0 Å². The molecule has 1 unspecified atom stereocenters. The average molecular weight is 287 g/mol. The molecule has 1 aromatic heterocycles. The Morgan fingerprint density at radius 1 is 1.19 bits per heavy atom. The number of nitrogens with zero attached hydrogens (tertiary/aromatic N) is 1. The van der Waals surface area contributed by atoms with Crippen LogP contribution in [0.5, 0.6) is 5.75 Å². The zero-order valence-corrected chi connectivity index (χ0v) is 12.4. The van der Waals surface area contributed by atoms with Gasteiger partial charge in [0.05, 0.1) is 12.1 Å². The van der Waals surface area contributed by atoms with Crippen LogP contribution in [-0.4, -0.2) is 31.1 Å². The number of aryl methyl sites for hydroxylation is 1. The monoisotopic (exact) mass is 287 g/mol. The second kappa shape index (κ2) is 6.87. The molecule has 2 heterocycles. The molecule has 0 bridgehead atoms. The van der Waals surface area contributed by atoms with Crippen molar-refractivity contribution in [3.8, 4) is 5.75 Å². The minimum absolute atomic E-state index is 0.0499. The van der Waals surface area contributed by atoms with Crippen LogP contribution in [0.15, 0.2) is 30.3 Å². The largest absolute Gasteiger partial charge is 0.491 e. The normalized spacial score (nSPS) is 18.8. The van der Waals surface area contributed by atoms with E-state index in [1.54, 1.807) is 0 Å². The lowest BCUT2D eigenvalue weighted by atomic mass is 10.2. The van der Waals surface area contributed by atoms with Gasteiger partial charge in [0.15, 0.2) is 6.29 Å². The maximum Gasteiger partial charge on any atom is 0.157 e. The van der Waals surface area contributed by atoms with Crippen molar-refractivity contribution in [1.29, 1.82) is 0 Å². The highest BCUT2D eigenvalue weighted by Crippen LogP contribution is 2.20. The summed E-state index contributed by atoms with van der Waals surface area (Å²) in [6.45, 7) is 3.89. The summed E-state index contributed by atoms with van der Waals surface area (Å²) in [5.41, 5.74) is 2.02. The third-order valence-corrected chi connectivity index (χ3v) is 3.59. The quantitative estimate of drug-likeness (QED) is 0.790. The first kappa shape index (κ1) is 14.3. The second-order valence-electron chi connectivity index (χ2n) is 5.32. The molecule has 21 heavy (non-hydrogen) atoms. The highest BCUT2D eigenvalue weighted by atomic mass is 16.7. The molecule has 1 saturated heterocycles. The van der Waals surface area contributed by atoms with Gasteiger partial charge in [0.25, 0.3) is 0 Å². The van der Waals surface area contributed by atoms with Crippen LogP contribution in [0, 0.1) is 6.92 Å². The first-order valence-corrected chi connectivity index (χ1v) is 7.55. The van der Waals surface area contributed by atoms with Crippen molar-refractivity contribution in [1.82, 2.24) is 4.98 Å². The Morgan fingerprint density at radius 3 is 3.00 bits per heavy atom. The number of aromatic nitrogens is 1. The van der Waals surface area contributed by atoms with Crippen LogP contribution in [0.25, 0.3) is 10.9 Å². The third kappa shape index (κ3) is 3.93. The van der Waals surface area contributed by atoms with E-state index in [1.165, 1.54) is 6.42 Å². The lowest BCUT2D eigenvalue weighted by molar-refractivity contribution is -0.165. The van der Waals surface area contributed by atoms with Gasteiger partial charge in [0.2, 0.25) is 0 Å². The fourth-order valence-corrected chi connectivity index (χ4v) is 2.48. The van der Waals surface area contributed by atoms with Gasteiger partial charge in [-0.1, -0.05) is 6.07 Å². The summed E-state index contributed by atoms with van der Waals surface area (Å²) in [5, 5.41) is 1.09. The molecule has 1 aromatic carbocycles. The molecule has 1 aliphatic heterocycles. The molecule has 1 aliphatic rings. The van der Waals surface area contributed by atoms with Crippen LogP contribution in [0.1, 0.15) is 25.0 Å². The molecule has 2 aromatic rings. The summed E-state index contributed by atoms with van der Waals surface area (Å²) in [7, 11) is 0. The van der Waals surface area contributed by atoms with Gasteiger partial charge in [-0.3, -0.25) is 4.98 Å². The Labute approximate surface area is 125 Å². The molecule has 0 saturated carbocycles. The molecular formula is C17H21NO3. The number of pyridine rings is 1. The van der Waals surface area contributed by atoms with Crippen LogP contribution < -0.4 is 4.74 Å². The highest BCUT2D eigenvalue weighted by Gasteiger charge is 2.13. The zero-order chi connectivity index (χ0) is 14.5. The number of fused-ring (bicyclic) bond motifs is 1. The van der Waals surface area contributed by atoms with Gasteiger partial charge in [-0.05, 0) is 50.5 Å². The van der Waals surface area contributed by atoms with E-state index in [-0.39, 0.29) is 6.29 Å². The Hall–Kier alpha value is -1.65. The van der Waals surface area contributed by atoms with Gasteiger partial charge in [-0.2, -0.15) is 0 Å². The summed E-state index contributed by atoms with van der Waals surface area (Å²) in [5.74, 6) is 0.848. The molecule has 0 N–H and O–H groups in total. The number of hydrogen-bond donors (Lipinski definition) is 0. The topological polar surface area (TPSA) is 40.6 Å². The summed E-state index contributed by atoms with van der Waals surface area (Å²) >= 11 is 0. The van der Waals surface area contributed by atoms with Crippen LogP contribution in [-0.2, 0) is 9.47 Å². The smallest absolute Gasteiger partial charge is 0.157 e. The molecule has 0 radical (unpaired) electrons. The third-order valence-electron chi connectivity index (χ3n) is 3.59. The molecule has 3 rings (SSSR count). The van der Waals surface area contributed by atoms with E-state index in [1.807, 2.05) is 31.2 Å². The fraction of sp³-hybridized carbons (Fsp3) is 0.471. The van der Waals surface area contributed by atoms with E-state index in [0.717, 1.165) is 41.8 Å². The van der Waals surface area contributed by atoms with E-state index >= 15 is 0 Å². The Kier molecular flexibility index (Phi) is 4.68.